The highest BCUT2D eigenvalue weighted by Gasteiger charge is 2.34. The fourth-order valence-electron chi connectivity index (χ4n) is 1.60. The number of imide groups is 1. The first-order valence-corrected chi connectivity index (χ1v) is 7.09. The first-order valence-electron chi connectivity index (χ1n) is 7.09. The highest BCUT2D eigenvalue weighted by molar-refractivity contribution is 14.0. The van der Waals surface area contributed by atoms with Crippen LogP contribution in [0.3, 0.4) is 0 Å². The molecule has 0 spiro atoms. The van der Waals surface area contributed by atoms with Gasteiger partial charge in [-0.1, -0.05) is 0 Å². The Balaban J connectivity index is 0. The van der Waals surface area contributed by atoms with E-state index in [0.717, 1.165) is 4.90 Å². The minimum absolute atomic E-state index is 0. The zero-order valence-corrected chi connectivity index (χ0v) is 17.0. The van der Waals surface area contributed by atoms with E-state index in [1.165, 1.54) is 0 Å². The van der Waals surface area contributed by atoms with Crippen LogP contribution in [0.25, 0.3) is 0 Å². The van der Waals surface area contributed by atoms with Crippen LogP contribution in [-0.2, 0) is 19.1 Å². The number of nitrogens with zero attached hydrogens (tertiary/aromatic N) is 2. The van der Waals surface area contributed by atoms with Crippen LogP contribution in [0.2, 0.25) is 0 Å². The minimum atomic E-state index is -0.578. The molecule has 134 valence electrons. The smallest absolute Gasteiger partial charge is 0.417 e. The Morgan fingerprint density at radius 2 is 1.91 bits per heavy atom. The topological polar surface area (TPSA) is 76.2 Å². The van der Waals surface area contributed by atoms with Crippen molar-refractivity contribution in [3.05, 3.63) is 11.8 Å². The normalized spacial score (nSPS) is 15.3. The molecule has 1 rings (SSSR count). The van der Waals surface area contributed by atoms with Gasteiger partial charge in [0.2, 0.25) is 0 Å². The number of carbonyl (C=O) groups is 3. The monoisotopic (exact) mass is 442 g/mol. The van der Waals surface area contributed by atoms with E-state index in [9.17, 15) is 14.4 Å². The number of carbonyl (C=O) groups excluding carboxylic acids is 3. The van der Waals surface area contributed by atoms with E-state index in [4.69, 9.17) is 4.74 Å². The predicted molar refractivity (Wildman–Crippen MR) is 97.4 cm³/mol. The van der Waals surface area contributed by atoms with Crippen molar-refractivity contribution in [2.45, 2.75) is 39.7 Å². The van der Waals surface area contributed by atoms with E-state index >= 15 is 0 Å². The van der Waals surface area contributed by atoms with Crippen molar-refractivity contribution in [2.24, 2.45) is 0 Å². The summed E-state index contributed by atoms with van der Waals surface area (Å²) in [4.78, 5) is 35.8. The Bertz CT molecular complexity index is 430. The number of hydrogen-bond donors (Lipinski definition) is 0. The molecule has 1 saturated heterocycles. The molecule has 0 atom stereocenters. The van der Waals surface area contributed by atoms with Crippen molar-refractivity contribution in [3.8, 4) is 0 Å². The van der Waals surface area contributed by atoms with E-state index < -0.39 is 11.7 Å². The molecular formula is C15H27IN2O5. The highest BCUT2D eigenvalue weighted by Crippen LogP contribution is 2.20. The maximum absolute atomic E-state index is 11.9. The van der Waals surface area contributed by atoms with E-state index in [1.54, 1.807) is 38.8 Å². The number of hydrogen-bond acceptors (Lipinski definition) is 6. The summed E-state index contributed by atoms with van der Waals surface area (Å²) in [5.41, 5.74) is 0.0617. The standard InChI is InChI=1S/C12H20N2O3.C3H6O2.HI/c1-12(2,3)17-11(16)14-7-6-9(10(14)15)8-13(4)5;1-2-5-3-4;/h8H,6-7H2,1-5H3;3H,2H2,1H3;1H/b9-8+;;. The zero-order valence-electron chi connectivity index (χ0n) is 14.6. The summed E-state index contributed by atoms with van der Waals surface area (Å²) in [5.74, 6) is -0.257. The second-order valence-corrected chi connectivity index (χ2v) is 5.86. The molecule has 8 heteroatoms. The third-order valence-electron chi connectivity index (χ3n) is 2.39. The van der Waals surface area contributed by atoms with Gasteiger partial charge < -0.3 is 14.4 Å². The van der Waals surface area contributed by atoms with Crippen LogP contribution in [0.15, 0.2) is 11.8 Å². The minimum Gasteiger partial charge on any atom is -0.468 e. The molecule has 2 amide bonds. The second-order valence-electron chi connectivity index (χ2n) is 5.86. The van der Waals surface area contributed by atoms with E-state index in [2.05, 4.69) is 4.74 Å². The molecule has 0 saturated carbocycles. The van der Waals surface area contributed by atoms with Gasteiger partial charge in [0.15, 0.2) is 0 Å². The van der Waals surface area contributed by atoms with Crippen LogP contribution in [0.1, 0.15) is 34.1 Å². The molecule has 0 aromatic rings. The van der Waals surface area contributed by atoms with Crippen LogP contribution < -0.4 is 0 Å². The molecule has 0 aliphatic carbocycles. The third-order valence-corrected chi connectivity index (χ3v) is 2.39. The van der Waals surface area contributed by atoms with E-state index in [1.807, 2.05) is 14.1 Å². The molecule has 0 N–H and O–H groups in total. The predicted octanol–water partition coefficient (Wildman–Crippen LogP) is 2.40. The second kappa shape index (κ2) is 11.3. The van der Waals surface area contributed by atoms with Gasteiger partial charge in [0, 0.05) is 32.4 Å². The molecule has 0 radical (unpaired) electrons. The van der Waals surface area contributed by atoms with Crippen LogP contribution in [0, 0.1) is 0 Å². The van der Waals surface area contributed by atoms with Gasteiger partial charge in [-0.25, -0.2) is 9.69 Å². The molecular weight excluding hydrogens is 415 g/mol. The Hall–Kier alpha value is -1.32. The molecule has 1 fully saturated rings. The fraction of sp³-hybridized carbons (Fsp3) is 0.667. The fourth-order valence-corrected chi connectivity index (χ4v) is 1.60. The van der Waals surface area contributed by atoms with E-state index in [-0.39, 0.29) is 29.9 Å². The average Bonchev–Trinajstić information content (AvgIpc) is 2.70. The number of rotatable bonds is 3. The molecule has 1 aliphatic heterocycles. The van der Waals surface area contributed by atoms with Gasteiger partial charge in [-0.2, -0.15) is 0 Å². The summed E-state index contributed by atoms with van der Waals surface area (Å²) < 4.78 is 9.32. The molecule has 1 heterocycles. The lowest BCUT2D eigenvalue weighted by Crippen LogP contribution is -2.37. The molecule has 1 aliphatic rings. The van der Waals surface area contributed by atoms with Crippen LogP contribution >= 0.6 is 24.0 Å². The molecule has 0 aromatic heterocycles. The van der Waals surface area contributed by atoms with Gasteiger partial charge in [-0.15, -0.1) is 24.0 Å². The molecule has 0 aromatic carbocycles. The van der Waals surface area contributed by atoms with Gasteiger partial charge in [0.1, 0.15) is 5.60 Å². The molecule has 23 heavy (non-hydrogen) atoms. The van der Waals surface area contributed by atoms with Crippen LogP contribution in [0.5, 0.6) is 0 Å². The summed E-state index contributed by atoms with van der Waals surface area (Å²) >= 11 is 0. The average molecular weight is 442 g/mol. The van der Waals surface area contributed by atoms with Crippen molar-refractivity contribution in [1.82, 2.24) is 9.80 Å². The summed E-state index contributed by atoms with van der Waals surface area (Å²) in [6.45, 7) is 8.40. The van der Waals surface area contributed by atoms with Crippen molar-refractivity contribution in [2.75, 3.05) is 27.2 Å². The first kappa shape index (κ1) is 23.9. The zero-order chi connectivity index (χ0) is 17.3. The first-order chi connectivity index (χ1) is 10.1. The van der Waals surface area contributed by atoms with Gasteiger partial charge in [0.05, 0.1) is 6.61 Å². The van der Waals surface area contributed by atoms with Gasteiger partial charge in [-0.3, -0.25) is 9.59 Å². The van der Waals surface area contributed by atoms with Crippen molar-refractivity contribution in [3.63, 3.8) is 0 Å². The maximum Gasteiger partial charge on any atom is 0.417 e. The van der Waals surface area contributed by atoms with Crippen molar-refractivity contribution < 1.29 is 23.9 Å². The van der Waals surface area contributed by atoms with E-state index in [0.29, 0.717) is 31.6 Å². The number of halogens is 1. The van der Waals surface area contributed by atoms with Crippen molar-refractivity contribution in [1.29, 1.82) is 0 Å². The Labute approximate surface area is 155 Å². The molecule has 0 unspecified atom stereocenters. The highest BCUT2D eigenvalue weighted by atomic mass is 127. The summed E-state index contributed by atoms with van der Waals surface area (Å²) in [6.07, 6.45) is 1.76. The Morgan fingerprint density at radius 1 is 1.35 bits per heavy atom. The lowest BCUT2D eigenvalue weighted by Gasteiger charge is -2.23. The quantitative estimate of drug-likeness (QED) is 0.380. The summed E-state index contributed by atoms with van der Waals surface area (Å²) in [6, 6.07) is 0. The van der Waals surface area contributed by atoms with Gasteiger partial charge >= 0.3 is 6.09 Å². The largest absolute Gasteiger partial charge is 0.468 e. The number of likely N-dealkylation sites (tertiary alicyclic amines) is 1. The third kappa shape index (κ3) is 10.1. The number of amides is 2. The van der Waals surface area contributed by atoms with Gasteiger partial charge in [-0.05, 0) is 34.1 Å². The van der Waals surface area contributed by atoms with Crippen LogP contribution in [-0.4, -0.2) is 61.1 Å². The summed E-state index contributed by atoms with van der Waals surface area (Å²) in [5, 5.41) is 0. The molecule has 0 bridgehead atoms. The summed E-state index contributed by atoms with van der Waals surface area (Å²) in [7, 11) is 3.69. The number of ether oxygens (including phenoxy) is 2. The lowest BCUT2D eigenvalue weighted by molar-refractivity contribution is -0.128. The Morgan fingerprint density at radius 3 is 2.26 bits per heavy atom. The SMILES string of the molecule is CCOC=O.CN(C)/C=C1\CCN(C(=O)OC(C)(C)C)C1=O.I. The maximum atomic E-state index is 11.9. The molecule has 7 nitrogen and oxygen atoms in total. The lowest BCUT2D eigenvalue weighted by atomic mass is 10.2. The van der Waals surface area contributed by atoms with Crippen molar-refractivity contribution >= 4 is 42.4 Å². The Kier molecular flexibility index (Phi) is 11.7. The van der Waals surface area contributed by atoms with Gasteiger partial charge in [0.25, 0.3) is 12.4 Å². The van der Waals surface area contributed by atoms with Crippen LogP contribution in [0.4, 0.5) is 4.79 Å².